The highest BCUT2D eigenvalue weighted by Crippen LogP contribution is 2.13. The first-order valence-corrected chi connectivity index (χ1v) is 7.36. The van der Waals surface area contributed by atoms with E-state index in [1.54, 1.807) is 0 Å². The molecule has 2 aromatic heterocycles. The molecule has 8 nitrogen and oxygen atoms in total. The van der Waals surface area contributed by atoms with Crippen molar-refractivity contribution in [3.8, 4) is 0 Å². The zero-order valence-corrected chi connectivity index (χ0v) is 12.1. The van der Waals surface area contributed by atoms with Crippen molar-refractivity contribution in [3.63, 3.8) is 0 Å². The van der Waals surface area contributed by atoms with Crippen molar-refractivity contribution in [2.75, 3.05) is 4.72 Å². The van der Waals surface area contributed by atoms with E-state index in [-0.39, 0.29) is 16.4 Å². The van der Waals surface area contributed by atoms with Crippen LogP contribution in [0, 0.1) is 0 Å². The summed E-state index contributed by atoms with van der Waals surface area (Å²) in [5, 5.41) is 8.40. The number of nitrogens with zero attached hydrogens (tertiary/aromatic N) is 3. The molecule has 104 valence electrons. The van der Waals surface area contributed by atoms with E-state index in [9.17, 15) is 13.2 Å². The van der Waals surface area contributed by atoms with E-state index in [1.165, 1.54) is 12.4 Å². The molecule has 0 aliphatic carbocycles. The number of sulfonamides is 1. The van der Waals surface area contributed by atoms with E-state index < -0.39 is 16.0 Å². The molecule has 0 aromatic carbocycles. The van der Waals surface area contributed by atoms with Crippen LogP contribution in [0.25, 0.3) is 0 Å². The molecule has 0 radical (unpaired) electrons. The number of hydrogen-bond donors (Lipinski definition) is 2. The second kappa shape index (κ2) is 5.51. The van der Waals surface area contributed by atoms with Gasteiger partial charge in [-0.05, 0) is 28.1 Å². The second-order valence-electron chi connectivity index (χ2n) is 3.52. The molecule has 0 aliphatic heterocycles. The average molecular weight is 359 g/mol. The Morgan fingerprint density at radius 1 is 1.15 bits per heavy atom. The fourth-order valence-electron chi connectivity index (χ4n) is 1.22. The van der Waals surface area contributed by atoms with E-state index in [4.69, 9.17) is 5.11 Å². The fraction of sp³-hybridized carbons (Fsp3) is 0. The van der Waals surface area contributed by atoms with Gasteiger partial charge in [0.1, 0.15) is 4.60 Å². The highest BCUT2D eigenvalue weighted by molar-refractivity contribution is 9.10. The molecule has 20 heavy (non-hydrogen) atoms. The van der Waals surface area contributed by atoms with E-state index in [0.717, 1.165) is 18.3 Å². The zero-order valence-electron chi connectivity index (χ0n) is 9.69. The summed E-state index contributed by atoms with van der Waals surface area (Å²) in [6, 6.07) is 2.25. The number of rotatable bonds is 4. The third kappa shape index (κ3) is 3.27. The topological polar surface area (TPSA) is 122 Å². The Morgan fingerprint density at radius 2 is 1.90 bits per heavy atom. The maximum Gasteiger partial charge on any atom is 0.337 e. The van der Waals surface area contributed by atoms with Gasteiger partial charge in [-0.25, -0.2) is 19.7 Å². The Hall–Kier alpha value is -2.07. The van der Waals surface area contributed by atoms with Crippen LogP contribution < -0.4 is 4.72 Å². The quantitative estimate of drug-likeness (QED) is 0.839. The summed E-state index contributed by atoms with van der Waals surface area (Å²) < 4.78 is 26.6. The molecular formula is C10H7BrN4O4S. The van der Waals surface area contributed by atoms with Gasteiger partial charge in [-0.2, -0.15) is 8.42 Å². The first kappa shape index (κ1) is 14.3. The molecule has 0 fully saturated rings. The molecule has 0 saturated carbocycles. The highest BCUT2D eigenvalue weighted by atomic mass is 79.9. The molecule has 10 heteroatoms. The van der Waals surface area contributed by atoms with Gasteiger partial charge >= 0.3 is 5.97 Å². The minimum atomic E-state index is -3.94. The van der Waals surface area contributed by atoms with Gasteiger partial charge in [0.05, 0.1) is 18.0 Å². The van der Waals surface area contributed by atoms with Crippen LogP contribution in [0.15, 0.2) is 40.4 Å². The lowest BCUT2D eigenvalue weighted by Crippen LogP contribution is -2.15. The number of carboxylic acid groups (broad SMARTS) is 1. The van der Waals surface area contributed by atoms with Gasteiger partial charge in [-0.1, -0.05) is 0 Å². The van der Waals surface area contributed by atoms with Crippen LogP contribution in [0.4, 0.5) is 5.82 Å². The number of anilines is 1. The Balaban J connectivity index is 2.26. The van der Waals surface area contributed by atoms with Crippen molar-refractivity contribution in [1.82, 2.24) is 15.0 Å². The zero-order chi connectivity index (χ0) is 14.8. The van der Waals surface area contributed by atoms with Crippen LogP contribution in [0.3, 0.4) is 0 Å². The lowest BCUT2D eigenvalue weighted by molar-refractivity contribution is 0.0696. The summed E-state index contributed by atoms with van der Waals surface area (Å²) in [6.07, 6.45) is 3.52. The first-order chi connectivity index (χ1) is 9.38. The van der Waals surface area contributed by atoms with Crippen LogP contribution in [0.2, 0.25) is 0 Å². The molecule has 2 aromatic rings. The highest BCUT2D eigenvalue weighted by Gasteiger charge is 2.17. The first-order valence-electron chi connectivity index (χ1n) is 5.08. The maximum absolute atomic E-state index is 12.0. The van der Waals surface area contributed by atoms with E-state index in [1.807, 2.05) is 0 Å². The predicted octanol–water partition coefficient (Wildman–Crippen LogP) is 1.13. The number of halogens is 1. The number of nitrogens with one attached hydrogen (secondary N) is 1. The molecule has 0 spiro atoms. The summed E-state index contributed by atoms with van der Waals surface area (Å²) >= 11 is 3.07. The molecule has 0 saturated heterocycles. The third-order valence-electron chi connectivity index (χ3n) is 2.12. The number of aromatic carboxylic acids is 1. The molecule has 2 N–H and O–H groups in total. The molecule has 2 rings (SSSR count). The normalized spacial score (nSPS) is 11.1. The van der Waals surface area contributed by atoms with Gasteiger partial charge in [0, 0.05) is 6.20 Å². The van der Waals surface area contributed by atoms with Crippen molar-refractivity contribution < 1.29 is 18.3 Å². The van der Waals surface area contributed by atoms with Gasteiger partial charge in [-0.15, -0.1) is 0 Å². The van der Waals surface area contributed by atoms with E-state index in [2.05, 4.69) is 35.6 Å². The minimum Gasteiger partial charge on any atom is -0.478 e. The summed E-state index contributed by atoms with van der Waals surface area (Å²) in [4.78, 5) is 21.9. The van der Waals surface area contributed by atoms with Crippen LogP contribution in [-0.2, 0) is 10.0 Å². The molecule has 2 heterocycles. The SMILES string of the molecule is O=C(O)c1ccc(S(=O)(=O)Nc2cnc(Br)cn2)nc1. The fourth-order valence-corrected chi connectivity index (χ4v) is 2.35. The summed E-state index contributed by atoms with van der Waals surface area (Å²) in [6.45, 7) is 0. The number of aromatic nitrogens is 3. The molecule has 0 bridgehead atoms. The Kier molecular flexibility index (Phi) is 3.95. The number of hydrogen-bond acceptors (Lipinski definition) is 6. The maximum atomic E-state index is 12.0. The smallest absolute Gasteiger partial charge is 0.337 e. The molecular weight excluding hydrogens is 352 g/mol. The van der Waals surface area contributed by atoms with Crippen LogP contribution >= 0.6 is 15.9 Å². The van der Waals surface area contributed by atoms with Gasteiger partial charge in [0.2, 0.25) is 0 Å². The standard InChI is InChI=1S/C10H7BrN4O4S/c11-7-4-13-8(5-12-7)15-20(18,19)9-2-1-6(3-14-9)10(16)17/h1-5H,(H,13,15)(H,16,17). The Labute approximate surface area is 122 Å². The molecule has 0 amide bonds. The number of pyridine rings is 1. The number of carbonyl (C=O) groups is 1. The summed E-state index contributed by atoms with van der Waals surface area (Å²) in [5.74, 6) is -1.16. The van der Waals surface area contributed by atoms with E-state index >= 15 is 0 Å². The Bertz CT molecular complexity index is 731. The monoisotopic (exact) mass is 358 g/mol. The summed E-state index contributed by atoms with van der Waals surface area (Å²) in [5.41, 5.74) is -0.104. The number of carboxylic acids is 1. The largest absolute Gasteiger partial charge is 0.478 e. The van der Waals surface area contributed by atoms with Gasteiger partial charge in [-0.3, -0.25) is 4.72 Å². The van der Waals surface area contributed by atoms with Crippen molar-refractivity contribution in [2.24, 2.45) is 0 Å². The van der Waals surface area contributed by atoms with Gasteiger partial charge in [0.15, 0.2) is 10.8 Å². The molecule has 0 aliphatic rings. The summed E-state index contributed by atoms with van der Waals surface area (Å²) in [7, 11) is -3.94. The molecule has 0 atom stereocenters. The third-order valence-corrected chi connectivity index (χ3v) is 3.80. The Morgan fingerprint density at radius 3 is 2.40 bits per heavy atom. The van der Waals surface area contributed by atoms with Gasteiger partial charge < -0.3 is 5.11 Å². The van der Waals surface area contributed by atoms with Crippen LogP contribution in [-0.4, -0.2) is 34.4 Å². The lowest BCUT2D eigenvalue weighted by Gasteiger charge is -2.06. The molecule has 0 unspecified atom stereocenters. The van der Waals surface area contributed by atoms with Gasteiger partial charge in [0.25, 0.3) is 10.0 Å². The predicted molar refractivity (Wildman–Crippen MR) is 71.7 cm³/mol. The van der Waals surface area contributed by atoms with Crippen LogP contribution in [0.5, 0.6) is 0 Å². The second-order valence-corrected chi connectivity index (χ2v) is 5.96. The van der Waals surface area contributed by atoms with Crippen molar-refractivity contribution in [3.05, 3.63) is 40.9 Å². The minimum absolute atomic E-state index is 0.0253. The average Bonchev–Trinajstić information content (AvgIpc) is 2.41. The van der Waals surface area contributed by atoms with E-state index in [0.29, 0.717) is 4.60 Å². The van der Waals surface area contributed by atoms with Crippen LogP contribution in [0.1, 0.15) is 10.4 Å². The van der Waals surface area contributed by atoms with Crippen molar-refractivity contribution in [1.29, 1.82) is 0 Å². The van der Waals surface area contributed by atoms with Crippen molar-refractivity contribution >= 4 is 37.7 Å². The lowest BCUT2D eigenvalue weighted by atomic mass is 10.3. The van der Waals surface area contributed by atoms with Crippen molar-refractivity contribution in [2.45, 2.75) is 5.03 Å².